The predicted octanol–water partition coefficient (Wildman–Crippen LogP) is 4.24. The van der Waals surface area contributed by atoms with Gasteiger partial charge in [0.2, 0.25) is 0 Å². The number of nitrogens with zero attached hydrogens (tertiary/aromatic N) is 5. The molecule has 1 atom stereocenters. The molecule has 5 nitrogen and oxygen atoms in total. The van der Waals surface area contributed by atoms with Crippen LogP contribution in [0, 0.1) is 0 Å². The fourth-order valence-corrected chi connectivity index (χ4v) is 3.38. The van der Waals surface area contributed by atoms with Crippen molar-refractivity contribution in [2.24, 2.45) is 0 Å². The number of hydrogen-bond donors (Lipinski definition) is 0. The Labute approximate surface area is 138 Å². The Morgan fingerprint density at radius 3 is 2.82 bits per heavy atom. The molecule has 0 bridgehead atoms. The van der Waals surface area contributed by atoms with Gasteiger partial charge in [-0.2, -0.15) is 5.10 Å². The Morgan fingerprint density at radius 2 is 2.14 bits per heavy atom. The van der Waals surface area contributed by atoms with E-state index in [4.69, 9.17) is 16.6 Å². The van der Waals surface area contributed by atoms with Crippen LogP contribution in [0.15, 0.2) is 30.2 Å². The SMILES string of the molecule is CC(C)n1ccnc1-c1csc(C[C@H](C)n2cc(Cl)cn2)n1. The van der Waals surface area contributed by atoms with E-state index in [0.717, 1.165) is 22.9 Å². The summed E-state index contributed by atoms with van der Waals surface area (Å²) in [5.74, 6) is 0.923. The van der Waals surface area contributed by atoms with E-state index < -0.39 is 0 Å². The summed E-state index contributed by atoms with van der Waals surface area (Å²) >= 11 is 7.58. The zero-order chi connectivity index (χ0) is 15.7. The van der Waals surface area contributed by atoms with Crippen LogP contribution in [0.3, 0.4) is 0 Å². The minimum atomic E-state index is 0.219. The summed E-state index contributed by atoms with van der Waals surface area (Å²) in [5.41, 5.74) is 0.935. The Morgan fingerprint density at radius 1 is 1.32 bits per heavy atom. The number of hydrogen-bond acceptors (Lipinski definition) is 4. The molecule has 0 radical (unpaired) electrons. The molecule has 0 aliphatic heterocycles. The molecule has 3 rings (SSSR count). The van der Waals surface area contributed by atoms with E-state index in [1.54, 1.807) is 17.5 Å². The van der Waals surface area contributed by atoms with Gasteiger partial charge in [-0.3, -0.25) is 4.68 Å². The van der Waals surface area contributed by atoms with Crippen molar-refractivity contribution >= 4 is 22.9 Å². The Balaban J connectivity index is 1.78. The smallest absolute Gasteiger partial charge is 0.159 e. The lowest BCUT2D eigenvalue weighted by Crippen LogP contribution is -2.08. The third-order valence-corrected chi connectivity index (χ3v) is 4.56. The Bertz CT molecular complexity index is 757. The van der Waals surface area contributed by atoms with Crippen LogP contribution in [0.1, 0.15) is 37.9 Å². The third-order valence-electron chi connectivity index (χ3n) is 3.50. The van der Waals surface area contributed by atoms with Gasteiger partial charge in [0.1, 0.15) is 5.69 Å². The van der Waals surface area contributed by atoms with E-state index in [2.05, 4.69) is 40.8 Å². The first-order valence-electron chi connectivity index (χ1n) is 7.22. The normalized spacial score (nSPS) is 13.0. The highest BCUT2D eigenvalue weighted by atomic mass is 35.5. The van der Waals surface area contributed by atoms with Crippen LogP contribution in [0.2, 0.25) is 5.02 Å². The second-order valence-electron chi connectivity index (χ2n) is 5.57. The van der Waals surface area contributed by atoms with Gasteiger partial charge in [0.15, 0.2) is 5.82 Å². The highest BCUT2D eigenvalue weighted by Crippen LogP contribution is 2.25. The van der Waals surface area contributed by atoms with Crippen molar-refractivity contribution in [3.05, 3.63) is 40.2 Å². The van der Waals surface area contributed by atoms with E-state index in [0.29, 0.717) is 11.1 Å². The molecular weight excluding hydrogens is 318 g/mol. The molecule has 0 spiro atoms. The summed E-state index contributed by atoms with van der Waals surface area (Å²) in [4.78, 5) is 9.16. The first-order valence-corrected chi connectivity index (χ1v) is 8.47. The quantitative estimate of drug-likeness (QED) is 0.700. The van der Waals surface area contributed by atoms with Crippen LogP contribution in [-0.2, 0) is 6.42 Å². The fraction of sp³-hybridized carbons (Fsp3) is 0.400. The standard InChI is InChI=1S/C15H18ClN5S/c1-10(2)20-5-4-17-15(20)13-9-22-14(19-13)6-11(3)21-8-12(16)7-18-21/h4-5,7-11H,6H2,1-3H3/t11-/m0/s1. The molecule has 0 saturated heterocycles. The van der Waals surface area contributed by atoms with E-state index in [-0.39, 0.29) is 6.04 Å². The molecule has 0 aromatic carbocycles. The van der Waals surface area contributed by atoms with Crippen LogP contribution in [0.25, 0.3) is 11.5 Å². The number of thiazole rings is 1. The van der Waals surface area contributed by atoms with Crippen molar-refractivity contribution < 1.29 is 0 Å². The van der Waals surface area contributed by atoms with Gasteiger partial charge in [0.25, 0.3) is 0 Å². The number of imidazole rings is 1. The van der Waals surface area contributed by atoms with Crippen molar-refractivity contribution in [3.8, 4) is 11.5 Å². The molecule has 0 amide bonds. The van der Waals surface area contributed by atoms with Crippen LogP contribution in [0.4, 0.5) is 0 Å². The van der Waals surface area contributed by atoms with E-state index in [1.165, 1.54) is 0 Å². The fourth-order valence-electron chi connectivity index (χ4n) is 2.34. The molecule has 3 aromatic rings. The minimum Gasteiger partial charge on any atom is -0.327 e. The number of rotatable bonds is 5. The highest BCUT2D eigenvalue weighted by Gasteiger charge is 2.14. The maximum Gasteiger partial charge on any atom is 0.159 e. The molecule has 0 aliphatic rings. The van der Waals surface area contributed by atoms with E-state index >= 15 is 0 Å². The molecule has 3 aromatic heterocycles. The van der Waals surface area contributed by atoms with Gasteiger partial charge >= 0.3 is 0 Å². The van der Waals surface area contributed by atoms with Gasteiger partial charge in [-0.05, 0) is 20.8 Å². The van der Waals surface area contributed by atoms with Crippen LogP contribution in [-0.4, -0.2) is 24.3 Å². The lowest BCUT2D eigenvalue weighted by atomic mass is 10.2. The summed E-state index contributed by atoms with van der Waals surface area (Å²) in [6.07, 6.45) is 8.14. The van der Waals surface area contributed by atoms with Crippen molar-refractivity contribution in [1.29, 1.82) is 0 Å². The molecule has 116 valence electrons. The van der Waals surface area contributed by atoms with Crippen LogP contribution >= 0.6 is 22.9 Å². The largest absolute Gasteiger partial charge is 0.327 e. The van der Waals surface area contributed by atoms with Gasteiger partial charge in [-0.1, -0.05) is 11.6 Å². The van der Waals surface area contributed by atoms with Crippen molar-refractivity contribution in [2.45, 2.75) is 39.3 Å². The summed E-state index contributed by atoms with van der Waals surface area (Å²) < 4.78 is 4.01. The number of halogens is 1. The zero-order valence-corrected chi connectivity index (χ0v) is 14.3. The predicted molar refractivity (Wildman–Crippen MR) is 89.4 cm³/mol. The van der Waals surface area contributed by atoms with E-state index in [9.17, 15) is 0 Å². The third kappa shape index (κ3) is 3.08. The zero-order valence-electron chi connectivity index (χ0n) is 12.8. The van der Waals surface area contributed by atoms with Gasteiger partial charge in [-0.25, -0.2) is 9.97 Å². The van der Waals surface area contributed by atoms with Crippen molar-refractivity contribution in [3.63, 3.8) is 0 Å². The molecular formula is C15H18ClN5S. The monoisotopic (exact) mass is 335 g/mol. The molecule has 0 fully saturated rings. The first kappa shape index (κ1) is 15.2. The van der Waals surface area contributed by atoms with Crippen LogP contribution in [0.5, 0.6) is 0 Å². The van der Waals surface area contributed by atoms with E-state index in [1.807, 2.05) is 23.3 Å². The average molecular weight is 336 g/mol. The van der Waals surface area contributed by atoms with Gasteiger partial charge in [0, 0.05) is 36.4 Å². The maximum atomic E-state index is 5.92. The second-order valence-corrected chi connectivity index (χ2v) is 6.95. The van der Waals surface area contributed by atoms with Gasteiger partial charge in [0.05, 0.1) is 22.3 Å². The van der Waals surface area contributed by atoms with Gasteiger partial charge < -0.3 is 4.57 Å². The maximum absolute atomic E-state index is 5.92. The highest BCUT2D eigenvalue weighted by molar-refractivity contribution is 7.09. The molecule has 0 aliphatic carbocycles. The molecule has 0 saturated carbocycles. The lowest BCUT2D eigenvalue weighted by molar-refractivity contribution is 0.488. The minimum absolute atomic E-state index is 0.219. The summed E-state index contributed by atoms with van der Waals surface area (Å²) in [5, 5.41) is 8.05. The Kier molecular flexibility index (Phi) is 4.31. The molecule has 0 unspecified atom stereocenters. The summed E-state index contributed by atoms with van der Waals surface area (Å²) in [6.45, 7) is 6.39. The summed E-state index contributed by atoms with van der Waals surface area (Å²) in [6, 6.07) is 0.587. The number of aromatic nitrogens is 5. The second kappa shape index (κ2) is 6.22. The van der Waals surface area contributed by atoms with Crippen LogP contribution < -0.4 is 0 Å². The topological polar surface area (TPSA) is 48.5 Å². The molecule has 7 heteroatoms. The Hall–Kier alpha value is -1.66. The lowest BCUT2D eigenvalue weighted by Gasteiger charge is -2.10. The summed E-state index contributed by atoms with van der Waals surface area (Å²) in [7, 11) is 0. The van der Waals surface area contributed by atoms with Crippen molar-refractivity contribution in [1.82, 2.24) is 24.3 Å². The van der Waals surface area contributed by atoms with Gasteiger partial charge in [-0.15, -0.1) is 11.3 Å². The van der Waals surface area contributed by atoms with Crippen molar-refractivity contribution in [2.75, 3.05) is 0 Å². The molecule has 0 N–H and O–H groups in total. The molecule has 3 heterocycles. The molecule has 22 heavy (non-hydrogen) atoms. The average Bonchev–Trinajstić information content (AvgIpc) is 3.16. The first-order chi connectivity index (χ1) is 10.5.